The molecule has 72 valence electrons. The summed E-state index contributed by atoms with van der Waals surface area (Å²) in [6.45, 7) is 1.70. The van der Waals surface area contributed by atoms with Crippen LogP contribution in [0.5, 0.6) is 0 Å². The maximum absolute atomic E-state index is 5.62. The second-order valence-electron chi connectivity index (χ2n) is 3.42. The Morgan fingerprint density at radius 3 is 2.50 bits per heavy atom. The SMILES string of the molecule is COCCCCOC1CC(N)C1. The van der Waals surface area contributed by atoms with Gasteiger partial charge in [0.25, 0.3) is 0 Å². The molecule has 0 aromatic heterocycles. The van der Waals surface area contributed by atoms with Gasteiger partial charge in [-0.3, -0.25) is 0 Å². The predicted octanol–water partition coefficient (Wildman–Crippen LogP) is 0.919. The van der Waals surface area contributed by atoms with Gasteiger partial charge in [-0.15, -0.1) is 0 Å². The lowest BCUT2D eigenvalue weighted by atomic mass is 9.90. The maximum atomic E-state index is 5.62. The molecule has 0 atom stereocenters. The second kappa shape index (κ2) is 5.51. The van der Waals surface area contributed by atoms with E-state index in [1.807, 2.05) is 0 Å². The van der Waals surface area contributed by atoms with Crippen molar-refractivity contribution in [2.75, 3.05) is 20.3 Å². The highest BCUT2D eigenvalue weighted by Gasteiger charge is 2.25. The first-order valence-corrected chi connectivity index (χ1v) is 4.69. The van der Waals surface area contributed by atoms with Crippen LogP contribution in [0, 0.1) is 0 Å². The molecule has 0 bridgehead atoms. The maximum Gasteiger partial charge on any atom is 0.0604 e. The summed E-state index contributed by atoms with van der Waals surface area (Å²) in [5, 5.41) is 0. The van der Waals surface area contributed by atoms with Crippen molar-refractivity contribution in [2.45, 2.75) is 37.8 Å². The van der Waals surface area contributed by atoms with E-state index in [9.17, 15) is 0 Å². The van der Waals surface area contributed by atoms with Crippen molar-refractivity contribution in [1.82, 2.24) is 0 Å². The average Bonchev–Trinajstić information content (AvgIpc) is 2.00. The molecule has 3 nitrogen and oxygen atoms in total. The Labute approximate surface area is 74.2 Å². The summed E-state index contributed by atoms with van der Waals surface area (Å²) in [6.07, 6.45) is 4.73. The first kappa shape index (κ1) is 9.96. The second-order valence-corrected chi connectivity index (χ2v) is 3.42. The highest BCUT2D eigenvalue weighted by atomic mass is 16.5. The summed E-state index contributed by atoms with van der Waals surface area (Å²) < 4.78 is 10.5. The number of hydrogen-bond donors (Lipinski definition) is 1. The number of ether oxygens (including phenoxy) is 2. The molecule has 0 aromatic rings. The lowest BCUT2D eigenvalue weighted by Crippen LogP contribution is -2.41. The average molecular weight is 173 g/mol. The number of nitrogens with two attached hydrogens (primary N) is 1. The Kier molecular flexibility index (Phi) is 4.58. The van der Waals surface area contributed by atoms with Gasteiger partial charge in [-0.25, -0.2) is 0 Å². The monoisotopic (exact) mass is 173 g/mol. The molecule has 0 spiro atoms. The van der Waals surface area contributed by atoms with Gasteiger partial charge in [0.1, 0.15) is 0 Å². The van der Waals surface area contributed by atoms with Crippen LogP contribution in [0.4, 0.5) is 0 Å². The van der Waals surface area contributed by atoms with Gasteiger partial charge < -0.3 is 15.2 Å². The minimum Gasteiger partial charge on any atom is -0.385 e. The molecule has 0 aliphatic heterocycles. The van der Waals surface area contributed by atoms with Crippen LogP contribution in [0.3, 0.4) is 0 Å². The van der Waals surface area contributed by atoms with E-state index in [0.717, 1.165) is 38.9 Å². The molecule has 1 rings (SSSR count). The number of methoxy groups -OCH3 is 1. The third-order valence-electron chi connectivity index (χ3n) is 2.23. The largest absolute Gasteiger partial charge is 0.385 e. The summed E-state index contributed by atoms with van der Waals surface area (Å²) in [7, 11) is 1.73. The Hall–Kier alpha value is -0.120. The molecular weight excluding hydrogens is 154 g/mol. The zero-order chi connectivity index (χ0) is 8.81. The Bertz CT molecular complexity index is 113. The van der Waals surface area contributed by atoms with E-state index in [1.165, 1.54) is 0 Å². The van der Waals surface area contributed by atoms with E-state index in [4.69, 9.17) is 15.2 Å². The summed E-state index contributed by atoms with van der Waals surface area (Å²) in [5.41, 5.74) is 5.62. The molecule has 0 radical (unpaired) electrons. The van der Waals surface area contributed by atoms with E-state index >= 15 is 0 Å². The van der Waals surface area contributed by atoms with Gasteiger partial charge in [-0.2, -0.15) is 0 Å². The third kappa shape index (κ3) is 3.52. The third-order valence-corrected chi connectivity index (χ3v) is 2.23. The van der Waals surface area contributed by atoms with Gasteiger partial charge in [-0.05, 0) is 25.7 Å². The fourth-order valence-corrected chi connectivity index (χ4v) is 1.34. The van der Waals surface area contributed by atoms with Crippen molar-refractivity contribution in [2.24, 2.45) is 5.73 Å². The van der Waals surface area contributed by atoms with Crippen LogP contribution >= 0.6 is 0 Å². The van der Waals surface area contributed by atoms with Gasteiger partial charge in [-0.1, -0.05) is 0 Å². The lowest BCUT2D eigenvalue weighted by Gasteiger charge is -2.32. The van der Waals surface area contributed by atoms with E-state index in [-0.39, 0.29) is 0 Å². The highest BCUT2D eigenvalue weighted by molar-refractivity contribution is 4.82. The molecule has 1 saturated carbocycles. The van der Waals surface area contributed by atoms with Crippen LogP contribution in [0.1, 0.15) is 25.7 Å². The molecule has 2 N–H and O–H groups in total. The van der Waals surface area contributed by atoms with E-state index in [0.29, 0.717) is 12.1 Å². The van der Waals surface area contributed by atoms with Crippen LogP contribution in [0.2, 0.25) is 0 Å². The molecule has 1 aliphatic rings. The standard InChI is InChI=1S/C9H19NO2/c1-11-4-2-3-5-12-9-6-8(10)7-9/h8-9H,2-7,10H2,1H3. The van der Waals surface area contributed by atoms with Crippen LogP contribution in [-0.2, 0) is 9.47 Å². The fraction of sp³-hybridized carbons (Fsp3) is 1.00. The molecule has 0 saturated heterocycles. The zero-order valence-corrected chi connectivity index (χ0v) is 7.79. The summed E-state index contributed by atoms with van der Waals surface area (Å²) in [5.74, 6) is 0. The molecule has 0 unspecified atom stereocenters. The minimum absolute atomic E-state index is 0.397. The van der Waals surface area contributed by atoms with Crippen molar-refractivity contribution >= 4 is 0 Å². The van der Waals surface area contributed by atoms with E-state index in [1.54, 1.807) is 7.11 Å². The van der Waals surface area contributed by atoms with Gasteiger partial charge >= 0.3 is 0 Å². The Morgan fingerprint density at radius 1 is 1.25 bits per heavy atom. The molecule has 0 aromatic carbocycles. The highest BCUT2D eigenvalue weighted by Crippen LogP contribution is 2.21. The normalized spacial score (nSPS) is 28.5. The van der Waals surface area contributed by atoms with E-state index in [2.05, 4.69) is 0 Å². The summed E-state index contributed by atoms with van der Waals surface area (Å²) in [6, 6.07) is 0.397. The van der Waals surface area contributed by atoms with Gasteiger partial charge in [0, 0.05) is 26.4 Å². The topological polar surface area (TPSA) is 44.5 Å². The molecule has 3 heteroatoms. The van der Waals surface area contributed by atoms with Crippen LogP contribution in [0.15, 0.2) is 0 Å². The van der Waals surface area contributed by atoms with Crippen LogP contribution < -0.4 is 5.73 Å². The molecule has 0 amide bonds. The van der Waals surface area contributed by atoms with Crippen LogP contribution in [0.25, 0.3) is 0 Å². The fourth-order valence-electron chi connectivity index (χ4n) is 1.34. The van der Waals surface area contributed by atoms with Crippen molar-refractivity contribution in [1.29, 1.82) is 0 Å². The lowest BCUT2D eigenvalue weighted by molar-refractivity contribution is -0.0112. The summed E-state index contributed by atoms with van der Waals surface area (Å²) in [4.78, 5) is 0. The first-order valence-electron chi connectivity index (χ1n) is 4.69. The Morgan fingerprint density at radius 2 is 1.92 bits per heavy atom. The molecule has 1 aliphatic carbocycles. The van der Waals surface area contributed by atoms with Gasteiger partial charge in [0.05, 0.1) is 6.10 Å². The molecule has 12 heavy (non-hydrogen) atoms. The zero-order valence-electron chi connectivity index (χ0n) is 7.79. The Balaban J connectivity index is 1.77. The van der Waals surface area contributed by atoms with Gasteiger partial charge in [0.2, 0.25) is 0 Å². The van der Waals surface area contributed by atoms with E-state index < -0.39 is 0 Å². The van der Waals surface area contributed by atoms with Gasteiger partial charge in [0.15, 0.2) is 0 Å². The minimum atomic E-state index is 0.397. The predicted molar refractivity (Wildman–Crippen MR) is 48.1 cm³/mol. The molecular formula is C9H19NO2. The summed E-state index contributed by atoms with van der Waals surface area (Å²) >= 11 is 0. The number of rotatable bonds is 6. The molecule has 0 heterocycles. The first-order chi connectivity index (χ1) is 5.83. The molecule has 1 fully saturated rings. The number of unbranched alkanes of at least 4 members (excludes halogenated alkanes) is 1. The van der Waals surface area contributed by atoms with Crippen molar-refractivity contribution in [3.63, 3.8) is 0 Å². The van der Waals surface area contributed by atoms with Crippen LogP contribution in [-0.4, -0.2) is 32.5 Å². The smallest absolute Gasteiger partial charge is 0.0604 e. The quantitative estimate of drug-likeness (QED) is 0.607. The van der Waals surface area contributed by atoms with Crippen molar-refractivity contribution in [3.05, 3.63) is 0 Å². The van der Waals surface area contributed by atoms with Crippen molar-refractivity contribution < 1.29 is 9.47 Å². The number of hydrogen-bond acceptors (Lipinski definition) is 3. The van der Waals surface area contributed by atoms with Crippen molar-refractivity contribution in [3.8, 4) is 0 Å².